The zero-order valence-electron chi connectivity index (χ0n) is 16.0. The summed E-state index contributed by atoms with van der Waals surface area (Å²) in [5.41, 5.74) is 0.655. The molecule has 5 nitrogen and oxygen atoms in total. The van der Waals surface area contributed by atoms with Crippen LogP contribution >= 0.6 is 0 Å². The number of aromatic nitrogens is 1. The lowest BCUT2D eigenvalue weighted by Crippen LogP contribution is -2.38. The van der Waals surface area contributed by atoms with E-state index in [1.54, 1.807) is 36.4 Å². The predicted octanol–water partition coefficient (Wildman–Crippen LogP) is 3.79. The van der Waals surface area contributed by atoms with Crippen LogP contribution in [0.1, 0.15) is 13.8 Å². The minimum absolute atomic E-state index is 0.0415. The number of sulfone groups is 1. The third-order valence-electron chi connectivity index (χ3n) is 4.82. The molecule has 0 saturated heterocycles. The summed E-state index contributed by atoms with van der Waals surface area (Å²) in [6.45, 7) is 4.10. The molecule has 0 amide bonds. The van der Waals surface area contributed by atoms with E-state index in [4.69, 9.17) is 4.74 Å². The topological polar surface area (TPSA) is 59.5 Å². The summed E-state index contributed by atoms with van der Waals surface area (Å²) in [7, 11) is 0.412. The minimum atomic E-state index is -3.60. The molecule has 0 aliphatic rings. The molecule has 2 aromatic carbocycles. The maximum absolute atomic E-state index is 12.8. The Labute approximate surface area is 160 Å². The van der Waals surface area contributed by atoms with Gasteiger partial charge in [0.2, 0.25) is 9.84 Å². The summed E-state index contributed by atoms with van der Waals surface area (Å²) in [4.78, 5) is 6.93. The van der Waals surface area contributed by atoms with Crippen LogP contribution < -0.4 is 4.74 Å². The number of pyridine rings is 1. The normalized spacial score (nSPS) is 14.3. The standard InChI is InChI=1S/C21H24N2O3S/c1-15(23(3)4)16(2)26-20-12-8-9-17-13-19(14-22-21(17)20)27(24,25)18-10-6-5-7-11-18/h5-16H,1-4H3. The molecule has 0 radical (unpaired) electrons. The van der Waals surface area contributed by atoms with Gasteiger partial charge in [0.15, 0.2) is 0 Å². The van der Waals surface area contributed by atoms with E-state index in [9.17, 15) is 8.42 Å². The van der Waals surface area contributed by atoms with Crippen LogP contribution in [-0.4, -0.2) is 44.5 Å². The van der Waals surface area contributed by atoms with E-state index in [1.165, 1.54) is 6.20 Å². The van der Waals surface area contributed by atoms with E-state index in [0.717, 1.165) is 5.39 Å². The van der Waals surface area contributed by atoms with Crippen molar-refractivity contribution in [3.05, 3.63) is 60.8 Å². The van der Waals surface area contributed by atoms with Gasteiger partial charge in [0.1, 0.15) is 17.4 Å². The number of nitrogens with zero attached hydrogens (tertiary/aromatic N) is 2. The first-order valence-corrected chi connectivity index (χ1v) is 10.3. The number of ether oxygens (including phenoxy) is 1. The summed E-state index contributed by atoms with van der Waals surface area (Å²) >= 11 is 0. The van der Waals surface area contributed by atoms with Crippen molar-refractivity contribution in [2.75, 3.05) is 14.1 Å². The molecule has 0 bridgehead atoms. The second-order valence-electron chi connectivity index (χ2n) is 6.84. The zero-order chi connectivity index (χ0) is 19.6. The van der Waals surface area contributed by atoms with Crippen LogP contribution in [0, 0.1) is 0 Å². The summed E-state index contributed by atoms with van der Waals surface area (Å²) in [6, 6.07) is 15.8. The van der Waals surface area contributed by atoms with Crippen molar-refractivity contribution in [3.8, 4) is 5.75 Å². The molecule has 3 rings (SSSR count). The average Bonchev–Trinajstić information content (AvgIpc) is 2.67. The lowest BCUT2D eigenvalue weighted by atomic mass is 10.2. The van der Waals surface area contributed by atoms with Gasteiger partial charge in [-0.25, -0.2) is 8.42 Å². The second-order valence-corrected chi connectivity index (χ2v) is 8.79. The van der Waals surface area contributed by atoms with Crippen molar-refractivity contribution >= 4 is 20.7 Å². The maximum Gasteiger partial charge on any atom is 0.208 e. The van der Waals surface area contributed by atoms with Gasteiger partial charge in [0, 0.05) is 17.6 Å². The first kappa shape index (κ1) is 19.3. The molecule has 0 aliphatic heterocycles. The monoisotopic (exact) mass is 384 g/mol. The van der Waals surface area contributed by atoms with Crippen LogP contribution in [-0.2, 0) is 9.84 Å². The number of para-hydroxylation sites is 1. The lowest BCUT2D eigenvalue weighted by Gasteiger charge is -2.27. The largest absolute Gasteiger partial charge is 0.487 e. The molecule has 0 saturated carbocycles. The SMILES string of the molecule is CC(Oc1cccc2cc(S(=O)(=O)c3ccccc3)cnc12)C(C)N(C)C. The fourth-order valence-corrected chi connectivity index (χ4v) is 4.07. The predicted molar refractivity (Wildman–Crippen MR) is 107 cm³/mol. The molecule has 0 spiro atoms. The third kappa shape index (κ3) is 3.96. The number of fused-ring (bicyclic) bond motifs is 1. The van der Waals surface area contributed by atoms with Gasteiger partial charge in [0.25, 0.3) is 0 Å². The van der Waals surface area contributed by atoms with Gasteiger partial charge in [-0.3, -0.25) is 4.98 Å². The van der Waals surface area contributed by atoms with Crippen molar-refractivity contribution in [3.63, 3.8) is 0 Å². The molecular formula is C21H24N2O3S. The highest BCUT2D eigenvalue weighted by atomic mass is 32.2. The van der Waals surface area contributed by atoms with Crippen LogP contribution in [0.4, 0.5) is 0 Å². The number of benzene rings is 2. The van der Waals surface area contributed by atoms with Crippen LogP contribution in [0.2, 0.25) is 0 Å². The van der Waals surface area contributed by atoms with Gasteiger partial charge in [-0.2, -0.15) is 0 Å². The quantitative estimate of drug-likeness (QED) is 0.647. The van der Waals surface area contributed by atoms with E-state index >= 15 is 0 Å². The summed E-state index contributed by atoms with van der Waals surface area (Å²) in [5.74, 6) is 0.650. The van der Waals surface area contributed by atoms with Crippen molar-refractivity contribution < 1.29 is 13.2 Å². The molecule has 2 unspecified atom stereocenters. The van der Waals surface area contributed by atoms with Crippen molar-refractivity contribution in [2.24, 2.45) is 0 Å². The van der Waals surface area contributed by atoms with Crippen molar-refractivity contribution in [1.82, 2.24) is 9.88 Å². The number of hydrogen-bond donors (Lipinski definition) is 0. The number of rotatable bonds is 6. The molecule has 0 aliphatic carbocycles. The van der Waals surface area contributed by atoms with Gasteiger partial charge in [-0.15, -0.1) is 0 Å². The molecule has 1 aromatic heterocycles. The molecular weight excluding hydrogens is 360 g/mol. The van der Waals surface area contributed by atoms with E-state index in [0.29, 0.717) is 11.3 Å². The molecule has 2 atom stereocenters. The van der Waals surface area contributed by atoms with Crippen molar-refractivity contribution in [2.45, 2.75) is 35.8 Å². The first-order chi connectivity index (χ1) is 12.8. The molecule has 0 N–H and O–H groups in total. The fourth-order valence-electron chi connectivity index (χ4n) is 2.81. The molecule has 27 heavy (non-hydrogen) atoms. The van der Waals surface area contributed by atoms with Crippen LogP contribution in [0.15, 0.2) is 70.6 Å². The van der Waals surface area contributed by atoms with E-state index in [1.807, 2.05) is 39.2 Å². The van der Waals surface area contributed by atoms with Gasteiger partial charge >= 0.3 is 0 Å². The summed E-state index contributed by atoms with van der Waals surface area (Å²) in [6.07, 6.45) is 1.36. The fraction of sp³-hybridized carbons (Fsp3) is 0.286. The third-order valence-corrected chi connectivity index (χ3v) is 6.56. The second kappa shape index (κ2) is 7.66. The molecule has 3 aromatic rings. The zero-order valence-corrected chi connectivity index (χ0v) is 16.8. The Bertz CT molecular complexity index is 1030. The Morgan fingerprint density at radius 1 is 0.963 bits per heavy atom. The highest BCUT2D eigenvalue weighted by Crippen LogP contribution is 2.29. The molecule has 142 valence electrons. The summed E-state index contributed by atoms with van der Waals surface area (Å²) < 4.78 is 31.8. The Morgan fingerprint density at radius 3 is 2.33 bits per heavy atom. The van der Waals surface area contributed by atoms with Crippen LogP contribution in [0.5, 0.6) is 5.75 Å². The smallest absolute Gasteiger partial charge is 0.208 e. The Balaban J connectivity index is 1.98. The highest BCUT2D eigenvalue weighted by Gasteiger charge is 2.20. The number of likely N-dealkylation sites (N-methyl/N-ethyl adjacent to an activating group) is 1. The Hall–Kier alpha value is -2.44. The van der Waals surface area contributed by atoms with Gasteiger partial charge in [-0.05, 0) is 52.2 Å². The molecule has 1 heterocycles. The van der Waals surface area contributed by atoms with Crippen LogP contribution in [0.3, 0.4) is 0 Å². The van der Waals surface area contributed by atoms with Crippen LogP contribution in [0.25, 0.3) is 10.9 Å². The Kier molecular flexibility index (Phi) is 5.48. The first-order valence-electron chi connectivity index (χ1n) is 8.82. The van der Waals surface area contributed by atoms with Gasteiger partial charge in [-0.1, -0.05) is 30.3 Å². The number of hydrogen-bond acceptors (Lipinski definition) is 5. The Morgan fingerprint density at radius 2 is 1.67 bits per heavy atom. The average molecular weight is 385 g/mol. The van der Waals surface area contributed by atoms with Crippen molar-refractivity contribution in [1.29, 1.82) is 0 Å². The molecule has 0 fully saturated rings. The van der Waals surface area contributed by atoms with Gasteiger partial charge < -0.3 is 9.64 Å². The van der Waals surface area contributed by atoms with E-state index in [2.05, 4.69) is 16.8 Å². The maximum atomic E-state index is 12.8. The van der Waals surface area contributed by atoms with E-state index < -0.39 is 9.84 Å². The van der Waals surface area contributed by atoms with Gasteiger partial charge in [0.05, 0.1) is 9.79 Å². The highest BCUT2D eigenvalue weighted by molar-refractivity contribution is 7.91. The summed E-state index contributed by atoms with van der Waals surface area (Å²) in [5, 5.41) is 0.731. The lowest BCUT2D eigenvalue weighted by molar-refractivity contribution is 0.123. The molecule has 6 heteroatoms. The van der Waals surface area contributed by atoms with E-state index in [-0.39, 0.29) is 21.9 Å². The minimum Gasteiger partial charge on any atom is -0.487 e.